The van der Waals surface area contributed by atoms with Crippen molar-refractivity contribution in [1.82, 2.24) is 9.88 Å². The Balaban J connectivity index is 1.90. The third-order valence-corrected chi connectivity index (χ3v) is 3.49. The molecule has 1 amide bonds. The smallest absolute Gasteiger partial charge is 0.239 e. The van der Waals surface area contributed by atoms with Gasteiger partial charge in [-0.3, -0.25) is 9.69 Å². The predicted octanol–water partition coefficient (Wildman–Crippen LogP) is 1.80. The van der Waals surface area contributed by atoms with Crippen molar-refractivity contribution in [2.45, 2.75) is 25.6 Å². The van der Waals surface area contributed by atoms with Crippen molar-refractivity contribution in [2.24, 2.45) is 0 Å². The van der Waals surface area contributed by atoms with Crippen LogP contribution >= 0.6 is 11.6 Å². The molecule has 1 N–H and O–H groups in total. The number of halogens is 1. The van der Waals surface area contributed by atoms with Crippen LogP contribution in [0.25, 0.3) is 0 Å². The first-order valence-corrected chi connectivity index (χ1v) is 7.56. The van der Waals surface area contributed by atoms with Gasteiger partial charge >= 0.3 is 0 Å². The molecule has 1 aliphatic heterocycles. The Bertz CT molecular complexity index is 507. The molecule has 1 fully saturated rings. The van der Waals surface area contributed by atoms with E-state index in [4.69, 9.17) is 21.1 Å². The molecule has 0 spiro atoms. The van der Waals surface area contributed by atoms with Crippen LogP contribution in [0.5, 0.6) is 0 Å². The van der Waals surface area contributed by atoms with Crippen molar-refractivity contribution in [2.75, 3.05) is 38.7 Å². The van der Waals surface area contributed by atoms with E-state index in [-0.39, 0.29) is 24.2 Å². The number of amides is 1. The van der Waals surface area contributed by atoms with Gasteiger partial charge in [-0.05, 0) is 26.0 Å². The number of methoxy groups -OCH3 is 1. The minimum atomic E-state index is -0.305. The zero-order valence-electron chi connectivity index (χ0n) is 13.1. The summed E-state index contributed by atoms with van der Waals surface area (Å²) in [6, 6.07) is 3.37. The van der Waals surface area contributed by atoms with Crippen molar-refractivity contribution in [3.63, 3.8) is 0 Å². The second-order valence-electron chi connectivity index (χ2n) is 6.03. The number of morpholine rings is 1. The molecule has 2 heterocycles. The molecule has 2 rings (SSSR count). The van der Waals surface area contributed by atoms with E-state index >= 15 is 0 Å². The Kier molecular flexibility index (Phi) is 5.74. The van der Waals surface area contributed by atoms with Crippen molar-refractivity contribution in [3.05, 3.63) is 23.4 Å². The molecule has 0 aliphatic carbocycles. The fraction of sp³-hybridized carbons (Fsp3) is 0.600. The molecule has 1 aromatic rings. The molecule has 22 heavy (non-hydrogen) atoms. The third-order valence-electron chi connectivity index (χ3n) is 3.27. The number of carbonyl (C=O) groups excluding carboxylic acids is 1. The zero-order valence-corrected chi connectivity index (χ0v) is 13.9. The number of nitrogens with one attached hydrogen (secondary N) is 1. The van der Waals surface area contributed by atoms with Gasteiger partial charge in [0.1, 0.15) is 5.82 Å². The largest absolute Gasteiger partial charge is 0.382 e. The SMILES string of the molecule is COC[C@@H]1CN(CC(=O)Nc2ccc(Cl)cn2)CC(C)(C)O1. The number of ether oxygens (including phenoxy) is 2. The molecular formula is C15H22ClN3O3. The number of aromatic nitrogens is 1. The highest BCUT2D eigenvalue weighted by Gasteiger charge is 2.34. The Morgan fingerprint density at radius 2 is 2.36 bits per heavy atom. The lowest BCUT2D eigenvalue weighted by Gasteiger charge is -2.42. The highest BCUT2D eigenvalue weighted by Crippen LogP contribution is 2.21. The van der Waals surface area contributed by atoms with Crippen LogP contribution in [0.15, 0.2) is 18.3 Å². The summed E-state index contributed by atoms with van der Waals surface area (Å²) in [5.74, 6) is 0.388. The maximum Gasteiger partial charge on any atom is 0.239 e. The van der Waals surface area contributed by atoms with Crippen LogP contribution in [0.3, 0.4) is 0 Å². The zero-order chi connectivity index (χ0) is 16.2. The van der Waals surface area contributed by atoms with Crippen LogP contribution in [0, 0.1) is 0 Å². The van der Waals surface area contributed by atoms with E-state index < -0.39 is 0 Å². The molecule has 122 valence electrons. The van der Waals surface area contributed by atoms with Crippen LogP contribution in [-0.2, 0) is 14.3 Å². The van der Waals surface area contributed by atoms with Crippen LogP contribution in [0.4, 0.5) is 5.82 Å². The number of anilines is 1. The summed E-state index contributed by atoms with van der Waals surface area (Å²) in [7, 11) is 1.65. The van der Waals surface area contributed by atoms with Crippen molar-refractivity contribution in [1.29, 1.82) is 0 Å². The van der Waals surface area contributed by atoms with E-state index in [0.29, 0.717) is 30.5 Å². The van der Waals surface area contributed by atoms with Gasteiger partial charge < -0.3 is 14.8 Å². The average molecular weight is 328 g/mol. The fourth-order valence-corrected chi connectivity index (χ4v) is 2.76. The van der Waals surface area contributed by atoms with Gasteiger partial charge in [0, 0.05) is 26.4 Å². The second-order valence-corrected chi connectivity index (χ2v) is 6.47. The minimum Gasteiger partial charge on any atom is -0.382 e. The summed E-state index contributed by atoms with van der Waals surface area (Å²) in [4.78, 5) is 18.3. The number of nitrogens with zero attached hydrogens (tertiary/aromatic N) is 2. The Morgan fingerprint density at radius 1 is 1.59 bits per heavy atom. The molecule has 1 aliphatic rings. The number of carbonyl (C=O) groups is 1. The lowest BCUT2D eigenvalue weighted by Crippen LogP contribution is -2.55. The van der Waals surface area contributed by atoms with Gasteiger partial charge in [-0.25, -0.2) is 4.98 Å². The third kappa shape index (κ3) is 5.21. The normalized spacial score (nSPS) is 21.5. The molecule has 1 atom stereocenters. The van der Waals surface area contributed by atoms with Crippen molar-refractivity contribution in [3.8, 4) is 0 Å². The van der Waals surface area contributed by atoms with Crippen LogP contribution in [0.2, 0.25) is 5.02 Å². The van der Waals surface area contributed by atoms with E-state index in [0.717, 1.165) is 0 Å². The van der Waals surface area contributed by atoms with Gasteiger partial charge in [-0.2, -0.15) is 0 Å². The number of hydrogen-bond acceptors (Lipinski definition) is 5. The topological polar surface area (TPSA) is 63.7 Å². The molecule has 0 saturated carbocycles. The minimum absolute atomic E-state index is 0.0322. The molecule has 0 radical (unpaired) electrons. The lowest BCUT2D eigenvalue weighted by atomic mass is 10.1. The molecule has 0 unspecified atom stereocenters. The van der Waals surface area contributed by atoms with Crippen LogP contribution < -0.4 is 5.32 Å². The Hall–Kier alpha value is -1.21. The van der Waals surface area contributed by atoms with Crippen LogP contribution in [-0.4, -0.2) is 60.8 Å². The number of rotatable bonds is 5. The Morgan fingerprint density at radius 3 is 3.00 bits per heavy atom. The van der Waals surface area contributed by atoms with Crippen LogP contribution in [0.1, 0.15) is 13.8 Å². The fourth-order valence-electron chi connectivity index (χ4n) is 2.65. The van der Waals surface area contributed by atoms with Gasteiger partial charge in [0.25, 0.3) is 0 Å². The summed E-state index contributed by atoms with van der Waals surface area (Å²) >= 11 is 5.77. The summed E-state index contributed by atoms with van der Waals surface area (Å²) in [6.45, 7) is 6.19. The average Bonchev–Trinajstić information content (AvgIpc) is 2.39. The first kappa shape index (κ1) is 17.1. The number of hydrogen-bond donors (Lipinski definition) is 1. The maximum atomic E-state index is 12.1. The monoisotopic (exact) mass is 327 g/mol. The molecular weight excluding hydrogens is 306 g/mol. The van der Waals surface area contributed by atoms with E-state index in [1.165, 1.54) is 6.20 Å². The summed E-state index contributed by atoms with van der Waals surface area (Å²) in [6.07, 6.45) is 1.47. The van der Waals surface area contributed by atoms with E-state index in [2.05, 4.69) is 15.2 Å². The lowest BCUT2D eigenvalue weighted by molar-refractivity contribution is -0.154. The Labute approximate surface area is 135 Å². The predicted molar refractivity (Wildman–Crippen MR) is 85.1 cm³/mol. The highest BCUT2D eigenvalue weighted by atomic mass is 35.5. The molecule has 7 heteroatoms. The molecule has 6 nitrogen and oxygen atoms in total. The van der Waals surface area contributed by atoms with Crippen molar-refractivity contribution >= 4 is 23.3 Å². The molecule has 1 aromatic heterocycles. The maximum absolute atomic E-state index is 12.1. The quantitative estimate of drug-likeness (QED) is 0.893. The van der Waals surface area contributed by atoms with Gasteiger partial charge in [0.15, 0.2) is 0 Å². The van der Waals surface area contributed by atoms with Gasteiger partial charge in [-0.1, -0.05) is 11.6 Å². The second kappa shape index (κ2) is 7.37. The van der Waals surface area contributed by atoms with E-state index in [1.807, 2.05) is 13.8 Å². The number of pyridine rings is 1. The first-order valence-electron chi connectivity index (χ1n) is 7.18. The molecule has 0 aromatic carbocycles. The first-order chi connectivity index (χ1) is 10.4. The molecule has 0 bridgehead atoms. The van der Waals surface area contributed by atoms with Crippen molar-refractivity contribution < 1.29 is 14.3 Å². The van der Waals surface area contributed by atoms with Gasteiger partial charge in [0.2, 0.25) is 5.91 Å². The van der Waals surface area contributed by atoms with Gasteiger partial charge in [-0.15, -0.1) is 0 Å². The summed E-state index contributed by atoms with van der Waals surface area (Å²) < 4.78 is 11.1. The van der Waals surface area contributed by atoms with E-state index in [1.54, 1.807) is 19.2 Å². The van der Waals surface area contributed by atoms with E-state index in [9.17, 15) is 4.79 Å². The highest BCUT2D eigenvalue weighted by molar-refractivity contribution is 6.30. The molecule has 1 saturated heterocycles. The van der Waals surface area contributed by atoms with Gasteiger partial charge in [0.05, 0.1) is 29.9 Å². The summed E-state index contributed by atoms with van der Waals surface area (Å²) in [5.41, 5.74) is -0.305. The standard InChI is InChI=1S/C15H22ClN3O3/c1-15(2)10-19(7-12(22-15)9-21-3)8-14(20)18-13-5-4-11(16)6-17-13/h4-6,12H,7-10H2,1-3H3,(H,17,18,20)/t12-/m0/s1. The summed E-state index contributed by atoms with van der Waals surface area (Å²) in [5, 5.41) is 3.31.